The Morgan fingerprint density at radius 3 is 2.75 bits per heavy atom. The minimum atomic E-state index is -0.719. The summed E-state index contributed by atoms with van der Waals surface area (Å²) in [5.74, 6) is 0.0963. The quantitative estimate of drug-likeness (QED) is 0.830. The molecular formula is C15H29N3O2. The lowest BCUT2D eigenvalue weighted by molar-refractivity contribution is -0.136. The first kappa shape index (κ1) is 15.7. The van der Waals surface area contributed by atoms with Gasteiger partial charge in [-0.1, -0.05) is 6.92 Å². The Hall–Kier alpha value is -0.650. The molecule has 0 radical (unpaired) electrons. The van der Waals surface area contributed by atoms with Gasteiger partial charge in [-0.05, 0) is 39.2 Å². The Balaban J connectivity index is 1.83. The molecule has 2 N–H and O–H groups in total. The third kappa shape index (κ3) is 3.93. The molecule has 0 bridgehead atoms. The summed E-state index contributed by atoms with van der Waals surface area (Å²) in [5.41, 5.74) is 5.36. The van der Waals surface area contributed by atoms with Gasteiger partial charge in [-0.25, -0.2) is 0 Å². The van der Waals surface area contributed by atoms with E-state index in [0.29, 0.717) is 12.5 Å². The highest BCUT2D eigenvalue weighted by Crippen LogP contribution is 2.16. The Morgan fingerprint density at radius 1 is 1.30 bits per heavy atom. The molecule has 0 aromatic heterocycles. The van der Waals surface area contributed by atoms with Crippen LogP contribution in [0.3, 0.4) is 0 Å². The van der Waals surface area contributed by atoms with Gasteiger partial charge >= 0.3 is 0 Å². The van der Waals surface area contributed by atoms with E-state index in [4.69, 9.17) is 10.5 Å². The van der Waals surface area contributed by atoms with E-state index in [9.17, 15) is 4.79 Å². The summed E-state index contributed by atoms with van der Waals surface area (Å²) in [6.45, 7) is 9.33. The minimum absolute atomic E-state index is 0.0963. The van der Waals surface area contributed by atoms with Crippen molar-refractivity contribution in [3.63, 3.8) is 0 Å². The van der Waals surface area contributed by atoms with E-state index in [0.717, 1.165) is 45.8 Å². The van der Waals surface area contributed by atoms with Crippen molar-refractivity contribution in [2.45, 2.75) is 51.2 Å². The lowest BCUT2D eigenvalue weighted by Gasteiger charge is -2.30. The highest BCUT2D eigenvalue weighted by Gasteiger charge is 2.32. The summed E-state index contributed by atoms with van der Waals surface area (Å²) in [6.07, 6.45) is 4.47. The molecule has 2 rings (SSSR count). The molecule has 0 saturated carbocycles. The Bertz CT molecular complexity index is 327. The highest BCUT2D eigenvalue weighted by molar-refractivity contribution is 5.85. The number of hydrogen-bond acceptors (Lipinski definition) is 4. The maximum atomic E-state index is 12.4. The second-order valence-corrected chi connectivity index (χ2v) is 6.35. The number of rotatable bonds is 4. The van der Waals surface area contributed by atoms with Gasteiger partial charge in [-0.2, -0.15) is 0 Å². The van der Waals surface area contributed by atoms with Crippen LogP contribution >= 0.6 is 0 Å². The minimum Gasteiger partial charge on any atom is -0.377 e. The van der Waals surface area contributed by atoms with Crippen LogP contribution in [0.25, 0.3) is 0 Å². The Labute approximate surface area is 122 Å². The zero-order valence-corrected chi connectivity index (χ0v) is 12.9. The molecule has 0 aromatic rings. The number of amides is 1. The van der Waals surface area contributed by atoms with Gasteiger partial charge in [0.05, 0.1) is 11.6 Å². The van der Waals surface area contributed by atoms with Gasteiger partial charge in [0.15, 0.2) is 0 Å². The topological polar surface area (TPSA) is 58.8 Å². The van der Waals surface area contributed by atoms with E-state index in [1.54, 1.807) is 0 Å². The van der Waals surface area contributed by atoms with E-state index in [-0.39, 0.29) is 5.91 Å². The average molecular weight is 283 g/mol. The molecule has 2 fully saturated rings. The van der Waals surface area contributed by atoms with Crippen LogP contribution in [0.1, 0.15) is 39.5 Å². The maximum absolute atomic E-state index is 12.4. The molecule has 2 saturated heterocycles. The summed E-state index contributed by atoms with van der Waals surface area (Å²) in [6, 6.07) is 0. The first-order chi connectivity index (χ1) is 9.53. The van der Waals surface area contributed by atoms with Crippen molar-refractivity contribution in [1.29, 1.82) is 0 Å². The van der Waals surface area contributed by atoms with Crippen molar-refractivity contribution in [2.75, 3.05) is 39.3 Å². The van der Waals surface area contributed by atoms with Crippen LogP contribution in [-0.4, -0.2) is 66.7 Å². The fourth-order valence-corrected chi connectivity index (χ4v) is 2.95. The molecular weight excluding hydrogens is 254 g/mol. The van der Waals surface area contributed by atoms with Crippen molar-refractivity contribution < 1.29 is 9.53 Å². The molecule has 2 aliphatic heterocycles. The van der Waals surface area contributed by atoms with Crippen LogP contribution in [-0.2, 0) is 9.53 Å². The summed E-state index contributed by atoms with van der Waals surface area (Å²) in [5, 5.41) is 0. The van der Waals surface area contributed by atoms with Gasteiger partial charge in [0, 0.05) is 32.8 Å². The Kier molecular flexibility index (Phi) is 5.41. The largest absolute Gasteiger partial charge is 0.377 e. The standard InChI is InChI=1S/C15H29N3O2/c1-3-15(2,16)14(19)18-8-5-7-17(9-10-18)12-13-6-4-11-20-13/h13H,3-12,16H2,1-2H3. The summed E-state index contributed by atoms with van der Waals surface area (Å²) >= 11 is 0. The van der Waals surface area contributed by atoms with Gasteiger partial charge < -0.3 is 15.4 Å². The van der Waals surface area contributed by atoms with Crippen molar-refractivity contribution in [3.05, 3.63) is 0 Å². The fourth-order valence-electron chi connectivity index (χ4n) is 2.95. The number of ether oxygens (including phenoxy) is 1. The second kappa shape index (κ2) is 6.87. The first-order valence-electron chi connectivity index (χ1n) is 7.95. The molecule has 0 spiro atoms. The molecule has 2 unspecified atom stereocenters. The number of carbonyl (C=O) groups excluding carboxylic acids is 1. The lowest BCUT2D eigenvalue weighted by Crippen LogP contribution is -2.53. The predicted molar refractivity (Wildman–Crippen MR) is 79.5 cm³/mol. The van der Waals surface area contributed by atoms with Crippen LogP contribution in [0.15, 0.2) is 0 Å². The van der Waals surface area contributed by atoms with E-state index in [2.05, 4.69) is 4.90 Å². The normalized spacial score (nSPS) is 28.1. The number of nitrogens with two attached hydrogens (primary N) is 1. The monoisotopic (exact) mass is 283 g/mol. The molecule has 2 heterocycles. The fraction of sp³-hybridized carbons (Fsp3) is 0.933. The molecule has 0 aliphatic carbocycles. The predicted octanol–water partition coefficient (Wildman–Crippen LogP) is 0.827. The van der Waals surface area contributed by atoms with Crippen molar-refractivity contribution >= 4 is 5.91 Å². The molecule has 5 nitrogen and oxygen atoms in total. The van der Waals surface area contributed by atoms with Gasteiger partial charge in [-0.15, -0.1) is 0 Å². The van der Waals surface area contributed by atoms with E-state index >= 15 is 0 Å². The van der Waals surface area contributed by atoms with E-state index < -0.39 is 5.54 Å². The van der Waals surface area contributed by atoms with E-state index in [1.165, 1.54) is 12.8 Å². The second-order valence-electron chi connectivity index (χ2n) is 6.35. The first-order valence-corrected chi connectivity index (χ1v) is 7.95. The van der Waals surface area contributed by atoms with Crippen LogP contribution in [0.5, 0.6) is 0 Å². The van der Waals surface area contributed by atoms with Crippen molar-refractivity contribution in [3.8, 4) is 0 Å². The zero-order chi connectivity index (χ0) is 14.6. The van der Waals surface area contributed by atoms with Crippen LogP contribution in [0, 0.1) is 0 Å². The zero-order valence-electron chi connectivity index (χ0n) is 12.9. The number of nitrogens with zero attached hydrogens (tertiary/aromatic N) is 2. The summed E-state index contributed by atoms with van der Waals surface area (Å²) in [7, 11) is 0. The highest BCUT2D eigenvalue weighted by atomic mass is 16.5. The van der Waals surface area contributed by atoms with Crippen LogP contribution in [0.2, 0.25) is 0 Å². The van der Waals surface area contributed by atoms with Crippen LogP contribution in [0.4, 0.5) is 0 Å². The lowest BCUT2D eigenvalue weighted by atomic mass is 9.98. The SMILES string of the molecule is CCC(C)(N)C(=O)N1CCCN(CC2CCCO2)CC1. The smallest absolute Gasteiger partial charge is 0.242 e. The molecule has 0 aromatic carbocycles. The van der Waals surface area contributed by atoms with Gasteiger partial charge in [-0.3, -0.25) is 9.69 Å². The van der Waals surface area contributed by atoms with Crippen molar-refractivity contribution in [2.24, 2.45) is 5.73 Å². The third-order valence-corrected chi connectivity index (χ3v) is 4.58. The van der Waals surface area contributed by atoms with E-state index in [1.807, 2.05) is 18.7 Å². The maximum Gasteiger partial charge on any atom is 0.242 e. The van der Waals surface area contributed by atoms with Gasteiger partial charge in [0.1, 0.15) is 0 Å². The molecule has 2 atom stereocenters. The molecule has 5 heteroatoms. The molecule has 116 valence electrons. The third-order valence-electron chi connectivity index (χ3n) is 4.58. The summed E-state index contributed by atoms with van der Waals surface area (Å²) in [4.78, 5) is 16.8. The molecule has 20 heavy (non-hydrogen) atoms. The van der Waals surface area contributed by atoms with Gasteiger partial charge in [0.2, 0.25) is 5.91 Å². The van der Waals surface area contributed by atoms with Gasteiger partial charge in [0.25, 0.3) is 0 Å². The Morgan fingerprint density at radius 2 is 2.10 bits per heavy atom. The van der Waals surface area contributed by atoms with Crippen LogP contribution < -0.4 is 5.73 Å². The molecule has 1 amide bonds. The molecule has 2 aliphatic rings. The number of carbonyl (C=O) groups is 1. The summed E-state index contributed by atoms with van der Waals surface area (Å²) < 4.78 is 5.70. The van der Waals surface area contributed by atoms with Crippen molar-refractivity contribution in [1.82, 2.24) is 9.80 Å². The number of hydrogen-bond donors (Lipinski definition) is 1. The average Bonchev–Trinajstić information content (AvgIpc) is 2.83.